The van der Waals surface area contributed by atoms with Crippen LogP contribution in [0.3, 0.4) is 0 Å². The summed E-state index contributed by atoms with van der Waals surface area (Å²) in [7, 11) is 0. The molecule has 2 rings (SSSR count). The van der Waals surface area contributed by atoms with Gasteiger partial charge in [-0.25, -0.2) is 19.4 Å². The van der Waals surface area contributed by atoms with Crippen LogP contribution in [0.15, 0.2) is 60.7 Å². The molecule has 0 fully saturated rings. The van der Waals surface area contributed by atoms with Crippen LogP contribution in [0.2, 0.25) is 0 Å². The van der Waals surface area contributed by atoms with Crippen molar-refractivity contribution >= 4 is 17.9 Å². The van der Waals surface area contributed by atoms with Gasteiger partial charge in [-0.1, -0.05) is 36.4 Å². The van der Waals surface area contributed by atoms with Crippen LogP contribution in [-0.2, 0) is 19.3 Å². The molecule has 0 saturated carbocycles. The zero-order chi connectivity index (χ0) is 19.6. The Hall–Kier alpha value is -3.15. The second kappa shape index (κ2) is 9.98. The van der Waals surface area contributed by atoms with E-state index in [4.69, 9.17) is 4.74 Å². The molecule has 0 saturated heterocycles. The second-order valence-electron chi connectivity index (χ2n) is 6.18. The van der Waals surface area contributed by atoms with Crippen molar-refractivity contribution in [2.75, 3.05) is 0 Å². The molecule has 138 valence electrons. The van der Waals surface area contributed by atoms with Crippen LogP contribution >= 0.6 is 0 Å². The minimum atomic E-state index is -0.708. The van der Waals surface area contributed by atoms with Gasteiger partial charge in [-0.2, -0.15) is 0 Å². The van der Waals surface area contributed by atoms with Crippen LogP contribution in [0.5, 0.6) is 0 Å². The largest absolute Gasteiger partial charge is 0.460 e. The number of hydrogen-bond acceptors (Lipinski definition) is 6. The van der Waals surface area contributed by atoms with Gasteiger partial charge < -0.3 is 4.74 Å². The van der Waals surface area contributed by atoms with E-state index in [0.717, 1.165) is 0 Å². The summed E-state index contributed by atoms with van der Waals surface area (Å²) in [6.07, 6.45) is 0. The van der Waals surface area contributed by atoms with Gasteiger partial charge in [-0.05, 0) is 45.0 Å². The highest BCUT2D eigenvalue weighted by Crippen LogP contribution is 2.06. The van der Waals surface area contributed by atoms with E-state index < -0.39 is 11.9 Å². The molecule has 0 aliphatic carbocycles. The summed E-state index contributed by atoms with van der Waals surface area (Å²) in [5, 5.41) is 0. The fourth-order valence-electron chi connectivity index (χ4n) is 1.75. The standard InChI is InChI=1S/C14H10O4.C6H12O2/c15-13(11-7-3-1-4-8-11)17-18-14(16)12-9-5-2-6-10-12;1-5(7)8-6(2,3)4/h1-10H;1-4H3. The summed E-state index contributed by atoms with van der Waals surface area (Å²) in [5.41, 5.74) is 0.308. The first-order chi connectivity index (χ1) is 12.2. The van der Waals surface area contributed by atoms with Crippen LogP contribution in [0.25, 0.3) is 0 Å². The van der Waals surface area contributed by atoms with Crippen LogP contribution in [0, 0.1) is 0 Å². The number of benzene rings is 2. The predicted molar refractivity (Wildman–Crippen MR) is 95.2 cm³/mol. The van der Waals surface area contributed by atoms with Crippen molar-refractivity contribution in [2.45, 2.75) is 33.3 Å². The lowest BCUT2D eigenvalue weighted by Crippen LogP contribution is -2.21. The van der Waals surface area contributed by atoms with E-state index >= 15 is 0 Å². The summed E-state index contributed by atoms with van der Waals surface area (Å²) in [6, 6.07) is 16.6. The topological polar surface area (TPSA) is 78.9 Å². The lowest BCUT2D eigenvalue weighted by Gasteiger charge is -2.17. The molecule has 0 amide bonds. The third kappa shape index (κ3) is 8.63. The van der Waals surface area contributed by atoms with Crippen molar-refractivity contribution in [1.82, 2.24) is 0 Å². The Morgan fingerprint density at radius 2 is 1.04 bits per heavy atom. The molecule has 2 aromatic rings. The van der Waals surface area contributed by atoms with Gasteiger partial charge in [0, 0.05) is 6.92 Å². The van der Waals surface area contributed by atoms with Crippen LogP contribution < -0.4 is 0 Å². The van der Waals surface area contributed by atoms with Gasteiger partial charge in [0.2, 0.25) is 0 Å². The van der Waals surface area contributed by atoms with E-state index in [0.29, 0.717) is 11.1 Å². The molecule has 26 heavy (non-hydrogen) atoms. The molecule has 0 aliphatic rings. The van der Waals surface area contributed by atoms with Crippen molar-refractivity contribution in [3.05, 3.63) is 71.8 Å². The molecule has 0 aromatic heterocycles. The highest BCUT2D eigenvalue weighted by molar-refractivity contribution is 5.92. The third-order valence-corrected chi connectivity index (χ3v) is 2.66. The van der Waals surface area contributed by atoms with Crippen molar-refractivity contribution in [3.63, 3.8) is 0 Å². The van der Waals surface area contributed by atoms with E-state index in [9.17, 15) is 14.4 Å². The maximum absolute atomic E-state index is 11.5. The number of carbonyl (C=O) groups is 3. The third-order valence-electron chi connectivity index (χ3n) is 2.66. The van der Waals surface area contributed by atoms with E-state index in [2.05, 4.69) is 9.78 Å². The summed E-state index contributed by atoms with van der Waals surface area (Å²) in [5.74, 6) is -1.64. The number of rotatable bonds is 2. The molecule has 6 heteroatoms. The molecule has 0 atom stereocenters. The molecule has 0 bridgehead atoms. The van der Waals surface area contributed by atoms with E-state index in [1.54, 1.807) is 60.7 Å². The van der Waals surface area contributed by atoms with Gasteiger partial charge in [0.05, 0.1) is 11.1 Å². The lowest BCUT2D eigenvalue weighted by molar-refractivity contribution is -0.187. The average molecular weight is 358 g/mol. The first kappa shape index (κ1) is 20.9. The first-order valence-electron chi connectivity index (χ1n) is 7.92. The zero-order valence-corrected chi connectivity index (χ0v) is 15.2. The summed E-state index contributed by atoms with van der Waals surface area (Å²) in [4.78, 5) is 42.1. The second-order valence-corrected chi connectivity index (χ2v) is 6.18. The molecular weight excluding hydrogens is 336 g/mol. The van der Waals surface area contributed by atoms with Crippen LogP contribution in [0.1, 0.15) is 48.4 Å². The highest BCUT2D eigenvalue weighted by atomic mass is 17.2. The van der Waals surface area contributed by atoms with Gasteiger partial charge in [0.25, 0.3) is 0 Å². The summed E-state index contributed by atoms with van der Waals surface area (Å²) in [6.45, 7) is 6.93. The zero-order valence-electron chi connectivity index (χ0n) is 15.2. The minimum Gasteiger partial charge on any atom is -0.460 e. The van der Waals surface area contributed by atoms with Gasteiger partial charge in [0.15, 0.2) is 0 Å². The quantitative estimate of drug-likeness (QED) is 0.459. The Bertz CT molecular complexity index is 665. The molecule has 0 heterocycles. The summed E-state index contributed by atoms with van der Waals surface area (Å²) < 4.78 is 4.80. The number of esters is 1. The number of hydrogen-bond donors (Lipinski definition) is 0. The fourth-order valence-corrected chi connectivity index (χ4v) is 1.75. The average Bonchev–Trinajstić information content (AvgIpc) is 2.59. The fraction of sp³-hybridized carbons (Fsp3) is 0.250. The van der Waals surface area contributed by atoms with E-state index in [-0.39, 0.29) is 11.6 Å². The molecule has 6 nitrogen and oxygen atoms in total. The molecular formula is C20H22O6. The Balaban J connectivity index is 0.000000359. The van der Waals surface area contributed by atoms with E-state index in [1.165, 1.54) is 6.92 Å². The minimum absolute atomic E-state index is 0.225. The Labute approximate surface area is 152 Å². The Morgan fingerprint density at radius 1 is 0.692 bits per heavy atom. The van der Waals surface area contributed by atoms with Crippen molar-refractivity contribution in [2.24, 2.45) is 0 Å². The van der Waals surface area contributed by atoms with E-state index in [1.807, 2.05) is 20.8 Å². The summed E-state index contributed by atoms with van der Waals surface area (Å²) >= 11 is 0. The Kier molecular flexibility index (Phi) is 8.02. The van der Waals surface area contributed by atoms with Gasteiger partial charge in [0.1, 0.15) is 5.60 Å². The molecule has 0 radical (unpaired) electrons. The van der Waals surface area contributed by atoms with Crippen molar-refractivity contribution < 1.29 is 28.9 Å². The number of carbonyl (C=O) groups excluding carboxylic acids is 3. The Morgan fingerprint density at radius 3 is 1.27 bits per heavy atom. The van der Waals surface area contributed by atoms with Crippen molar-refractivity contribution in [1.29, 1.82) is 0 Å². The first-order valence-corrected chi connectivity index (χ1v) is 7.92. The molecule has 0 aliphatic heterocycles. The number of ether oxygens (including phenoxy) is 1. The maximum atomic E-state index is 11.5. The smallest absolute Gasteiger partial charge is 0.386 e. The highest BCUT2D eigenvalue weighted by Gasteiger charge is 2.13. The molecule has 0 spiro atoms. The SMILES string of the molecule is CC(=O)OC(C)(C)C.O=C(OOC(=O)c1ccccc1)c1ccccc1. The van der Waals surface area contributed by atoms with Crippen LogP contribution in [-0.4, -0.2) is 23.5 Å². The lowest BCUT2D eigenvalue weighted by atomic mass is 10.2. The van der Waals surface area contributed by atoms with Gasteiger partial charge in [-0.3, -0.25) is 4.79 Å². The maximum Gasteiger partial charge on any atom is 0.386 e. The van der Waals surface area contributed by atoms with Gasteiger partial charge >= 0.3 is 17.9 Å². The molecule has 0 N–H and O–H groups in total. The normalized spacial score (nSPS) is 10.0. The molecule has 0 unspecified atom stereocenters. The van der Waals surface area contributed by atoms with Gasteiger partial charge in [-0.15, -0.1) is 0 Å². The predicted octanol–water partition coefficient (Wildman–Crippen LogP) is 3.96. The molecule has 2 aromatic carbocycles. The monoisotopic (exact) mass is 358 g/mol. The van der Waals surface area contributed by atoms with Crippen LogP contribution in [0.4, 0.5) is 0 Å². The van der Waals surface area contributed by atoms with Crippen molar-refractivity contribution in [3.8, 4) is 0 Å².